The monoisotopic (exact) mass is 195 g/mol. The Labute approximate surface area is 87.8 Å². The minimum atomic E-state index is 1.09. The molecule has 0 unspecified atom stereocenters. The number of aromatic amines is 1. The van der Waals surface area contributed by atoms with Crippen LogP contribution in [-0.2, 0) is 0 Å². The normalized spacial score (nSPS) is 10.7. The van der Waals surface area contributed by atoms with Crippen LogP contribution >= 0.6 is 0 Å². The predicted octanol–water partition coefficient (Wildman–Crippen LogP) is 2.44. The van der Waals surface area contributed by atoms with Gasteiger partial charge in [0.2, 0.25) is 0 Å². The highest BCUT2D eigenvalue weighted by Gasteiger charge is 2.07. The van der Waals surface area contributed by atoms with Gasteiger partial charge in [0.05, 0.1) is 12.4 Å². The number of rotatable bonds is 1. The van der Waals surface area contributed by atoms with E-state index in [4.69, 9.17) is 0 Å². The Kier molecular flexibility index (Phi) is 1.78. The molecule has 0 saturated heterocycles. The van der Waals surface area contributed by atoms with Gasteiger partial charge < -0.3 is 0 Å². The maximum absolute atomic E-state index is 3.37. The van der Waals surface area contributed by atoms with Crippen LogP contribution in [0, 0.1) is 0 Å². The molecule has 15 heavy (non-hydrogen) atoms. The van der Waals surface area contributed by atoms with Crippen molar-refractivity contribution < 1.29 is 4.57 Å². The maximum Gasteiger partial charge on any atom is 0.284 e. The van der Waals surface area contributed by atoms with Crippen molar-refractivity contribution in [2.75, 3.05) is 0 Å². The molecule has 2 heteroatoms. The number of hydrogen-bond donors (Lipinski definition) is 1. The van der Waals surface area contributed by atoms with Crippen molar-refractivity contribution >= 4 is 10.9 Å². The van der Waals surface area contributed by atoms with E-state index in [1.807, 2.05) is 36.7 Å². The largest absolute Gasteiger partial charge is 0.284 e. The fraction of sp³-hybridized carbons (Fsp3) is 0. The molecule has 0 aliphatic rings. The van der Waals surface area contributed by atoms with Gasteiger partial charge in [-0.2, -0.15) is 0 Å². The number of aromatic nitrogens is 2. The summed E-state index contributed by atoms with van der Waals surface area (Å²) in [6, 6.07) is 16.5. The third-order valence-corrected chi connectivity index (χ3v) is 2.51. The summed E-state index contributed by atoms with van der Waals surface area (Å²) in [4.78, 5) is 3.37. The fourth-order valence-corrected chi connectivity index (χ4v) is 1.76. The van der Waals surface area contributed by atoms with Crippen molar-refractivity contribution in [1.29, 1.82) is 0 Å². The van der Waals surface area contributed by atoms with Gasteiger partial charge in [-0.25, -0.2) is 9.55 Å². The van der Waals surface area contributed by atoms with E-state index in [1.165, 1.54) is 10.9 Å². The first-order valence-electron chi connectivity index (χ1n) is 4.98. The van der Waals surface area contributed by atoms with Crippen molar-refractivity contribution in [1.82, 2.24) is 4.98 Å². The van der Waals surface area contributed by atoms with Gasteiger partial charge >= 0.3 is 0 Å². The lowest BCUT2D eigenvalue weighted by Gasteiger charge is -1.90. The third-order valence-electron chi connectivity index (χ3n) is 2.51. The molecule has 0 bridgehead atoms. The second-order valence-electron chi connectivity index (χ2n) is 3.52. The van der Waals surface area contributed by atoms with E-state index in [0.29, 0.717) is 0 Å². The molecule has 0 radical (unpaired) electrons. The Hall–Kier alpha value is -2.09. The van der Waals surface area contributed by atoms with E-state index >= 15 is 0 Å². The number of fused-ring (bicyclic) bond motifs is 1. The zero-order valence-electron chi connectivity index (χ0n) is 8.22. The first kappa shape index (κ1) is 8.24. The standard InChI is InChI=1S/C13H11N2/c1-4-8-15(9-5-1)13-10-11-6-2-3-7-12(11)14-13/h1-10,14H/q+1. The molecule has 1 aromatic carbocycles. The molecule has 0 aliphatic heterocycles. The lowest BCUT2D eigenvalue weighted by atomic mass is 10.2. The van der Waals surface area contributed by atoms with Gasteiger partial charge in [-0.3, -0.25) is 0 Å². The SMILES string of the molecule is c1cc[n+](-c2cc3ccccc3[nH]2)cc1. The van der Waals surface area contributed by atoms with E-state index in [2.05, 4.69) is 33.8 Å². The number of H-pyrrole nitrogens is 1. The van der Waals surface area contributed by atoms with E-state index < -0.39 is 0 Å². The van der Waals surface area contributed by atoms with Gasteiger partial charge in [0.25, 0.3) is 5.82 Å². The van der Waals surface area contributed by atoms with Crippen LogP contribution in [0.1, 0.15) is 0 Å². The van der Waals surface area contributed by atoms with Crippen molar-refractivity contribution in [3.8, 4) is 5.82 Å². The van der Waals surface area contributed by atoms with Crippen molar-refractivity contribution in [2.45, 2.75) is 0 Å². The van der Waals surface area contributed by atoms with E-state index in [9.17, 15) is 0 Å². The van der Waals surface area contributed by atoms with Crippen molar-refractivity contribution in [2.24, 2.45) is 0 Å². The first-order valence-corrected chi connectivity index (χ1v) is 4.98. The predicted molar refractivity (Wildman–Crippen MR) is 59.8 cm³/mol. The molecule has 0 atom stereocenters. The smallest absolute Gasteiger partial charge is 0.240 e. The Morgan fingerprint density at radius 3 is 2.47 bits per heavy atom. The zero-order valence-corrected chi connectivity index (χ0v) is 8.22. The van der Waals surface area contributed by atoms with Gasteiger partial charge in [0.15, 0.2) is 0 Å². The molecular formula is C13H11N2+. The molecule has 0 saturated carbocycles. The van der Waals surface area contributed by atoms with Gasteiger partial charge in [0, 0.05) is 11.5 Å². The molecule has 0 aliphatic carbocycles. The lowest BCUT2D eigenvalue weighted by Crippen LogP contribution is -2.29. The van der Waals surface area contributed by atoms with Crippen molar-refractivity contribution in [3.63, 3.8) is 0 Å². The number of hydrogen-bond acceptors (Lipinski definition) is 0. The van der Waals surface area contributed by atoms with E-state index in [0.717, 1.165) is 5.82 Å². The Morgan fingerprint density at radius 2 is 1.67 bits per heavy atom. The Bertz CT molecular complexity index is 549. The maximum atomic E-state index is 3.37. The van der Waals surface area contributed by atoms with E-state index in [1.54, 1.807) is 0 Å². The van der Waals surface area contributed by atoms with E-state index in [-0.39, 0.29) is 0 Å². The number of benzene rings is 1. The summed E-state index contributed by atoms with van der Waals surface area (Å²) in [5, 5.41) is 1.24. The first-order chi connectivity index (χ1) is 7.43. The molecule has 72 valence electrons. The zero-order chi connectivity index (χ0) is 10.1. The number of para-hydroxylation sites is 1. The van der Waals surface area contributed by atoms with Crippen LogP contribution in [-0.4, -0.2) is 4.98 Å². The average Bonchev–Trinajstić information content (AvgIpc) is 2.74. The summed E-state index contributed by atoms with van der Waals surface area (Å²) < 4.78 is 2.07. The van der Waals surface area contributed by atoms with Crippen LogP contribution in [0.25, 0.3) is 16.7 Å². The molecule has 2 heterocycles. The molecule has 2 nitrogen and oxygen atoms in total. The summed E-state index contributed by atoms with van der Waals surface area (Å²) in [5.41, 5.74) is 1.17. The van der Waals surface area contributed by atoms with Gasteiger partial charge in [-0.05, 0) is 18.2 Å². The summed E-state index contributed by atoms with van der Waals surface area (Å²) in [5.74, 6) is 1.09. The highest BCUT2D eigenvalue weighted by Crippen LogP contribution is 2.13. The average molecular weight is 195 g/mol. The highest BCUT2D eigenvalue weighted by atomic mass is 15.0. The molecule has 3 rings (SSSR count). The Morgan fingerprint density at radius 1 is 0.867 bits per heavy atom. The fourth-order valence-electron chi connectivity index (χ4n) is 1.76. The third kappa shape index (κ3) is 1.40. The van der Waals surface area contributed by atoms with Gasteiger partial charge in [-0.1, -0.05) is 24.3 Å². The van der Waals surface area contributed by atoms with Crippen LogP contribution < -0.4 is 4.57 Å². The van der Waals surface area contributed by atoms with Crippen LogP contribution in [0.2, 0.25) is 0 Å². The lowest BCUT2D eigenvalue weighted by molar-refractivity contribution is -0.599. The number of nitrogens with one attached hydrogen (secondary N) is 1. The molecule has 0 spiro atoms. The molecule has 3 aromatic rings. The summed E-state index contributed by atoms with van der Waals surface area (Å²) in [6.45, 7) is 0. The summed E-state index contributed by atoms with van der Waals surface area (Å²) >= 11 is 0. The van der Waals surface area contributed by atoms with Gasteiger partial charge in [0.1, 0.15) is 5.52 Å². The quantitative estimate of drug-likeness (QED) is 0.575. The number of nitrogens with zero attached hydrogens (tertiary/aromatic N) is 1. The van der Waals surface area contributed by atoms with Gasteiger partial charge in [-0.15, -0.1) is 0 Å². The summed E-state index contributed by atoms with van der Waals surface area (Å²) in [7, 11) is 0. The van der Waals surface area contributed by atoms with Crippen LogP contribution in [0.15, 0.2) is 60.9 Å². The van der Waals surface area contributed by atoms with Crippen molar-refractivity contribution in [3.05, 3.63) is 60.9 Å². The Balaban J connectivity index is 2.21. The molecule has 2 aromatic heterocycles. The second kappa shape index (κ2) is 3.24. The molecular weight excluding hydrogens is 184 g/mol. The minimum Gasteiger partial charge on any atom is -0.240 e. The summed E-state index contributed by atoms with van der Waals surface area (Å²) in [6.07, 6.45) is 4.06. The molecule has 1 N–H and O–H groups in total. The second-order valence-corrected chi connectivity index (χ2v) is 3.52. The minimum absolute atomic E-state index is 1.09. The molecule has 0 amide bonds. The molecule has 0 fully saturated rings. The van der Waals surface area contributed by atoms with Crippen LogP contribution in [0.3, 0.4) is 0 Å². The highest BCUT2D eigenvalue weighted by molar-refractivity contribution is 5.81. The van der Waals surface area contributed by atoms with Crippen LogP contribution in [0.5, 0.6) is 0 Å². The number of pyridine rings is 1. The van der Waals surface area contributed by atoms with Crippen LogP contribution in [0.4, 0.5) is 0 Å². The topological polar surface area (TPSA) is 19.7 Å².